The van der Waals surface area contributed by atoms with Crippen LogP contribution in [-0.4, -0.2) is 53.0 Å². The van der Waals surface area contributed by atoms with Crippen molar-refractivity contribution in [1.29, 1.82) is 0 Å². The van der Waals surface area contributed by atoms with Crippen LogP contribution in [0.4, 0.5) is 5.95 Å². The van der Waals surface area contributed by atoms with Gasteiger partial charge in [-0.15, -0.1) is 0 Å². The summed E-state index contributed by atoms with van der Waals surface area (Å²) in [6.07, 6.45) is 3.52. The zero-order valence-corrected chi connectivity index (χ0v) is 28.4. The predicted molar refractivity (Wildman–Crippen MR) is 193 cm³/mol. The van der Waals surface area contributed by atoms with E-state index in [4.69, 9.17) is 63.7 Å². The number of fused-ring (bicyclic) bond motifs is 2. The van der Waals surface area contributed by atoms with Crippen molar-refractivity contribution in [3.8, 4) is 22.5 Å². The first-order valence-corrected chi connectivity index (χ1v) is 15.9. The predicted octanol–water partition coefficient (Wildman–Crippen LogP) is 7.79. The molecule has 0 bridgehead atoms. The molecule has 7 aromatic rings. The van der Waals surface area contributed by atoms with Gasteiger partial charge >= 0.3 is 0 Å². The van der Waals surface area contributed by atoms with Gasteiger partial charge in [-0.1, -0.05) is 59.1 Å². The van der Waals surface area contributed by atoms with E-state index >= 15 is 0 Å². The van der Waals surface area contributed by atoms with E-state index in [0.717, 1.165) is 32.9 Å². The summed E-state index contributed by atoms with van der Waals surface area (Å²) in [5, 5.41) is 6.06. The summed E-state index contributed by atoms with van der Waals surface area (Å²) in [4.78, 5) is 42.5. The second-order valence-corrected chi connectivity index (χ2v) is 11.5. The molecule has 5 aromatic heterocycles. The highest BCUT2D eigenvalue weighted by Crippen LogP contribution is 2.25. The molecule has 4 N–H and O–H groups in total. The lowest BCUT2D eigenvalue weighted by Crippen LogP contribution is -2.18. The number of aromatic amines is 1. The minimum absolute atomic E-state index is 0.0625. The van der Waals surface area contributed by atoms with Crippen LogP contribution in [0.25, 0.3) is 44.3 Å². The minimum atomic E-state index is -0.203. The van der Waals surface area contributed by atoms with Gasteiger partial charge in [-0.05, 0) is 59.6 Å². The smallest absolute Gasteiger partial charge is 0.252 e. The normalized spacial score (nSPS) is 10.5. The van der Waals surface area contributed by atoms with Gasteiger partial charge < -0.3 is 11.1 Å². The molecule has 0 aliphatic rings. The third-order valence-electron chi connectivity index (χ3n) is 6.28. The molecule has 0 saturated carbocycles. The molecule has 0 spiro atoms. The van der Waals surface area contributed by atoms with Gasteiger partial charge in [0, 0.05) is 65.6 Å². The first kappa shape index (κ1) is 34.8. The lowest BCUT2D eigenvalue weighted by Gasteiger charge is -2.07. The highest BCUT2D eigenvalue weighted by molar-refractivity contribution is 6.35. The zero-order chi connectivity index (χ0) is 34.0. The molecule has 48 heavy (non-hydrogen) atoms. The fourth-order valence-electron chi connectivity index (χ4n) is 4.25. The fourth-order valence-corrected chi connectivity index (χ4v) is 5.35. The Morgan fingerprint density at radius 3 is 1.67 bits per heavy atom. The molecule has 2 aromatic carbocycles. The van der Waals surface area contributed by atoms with Crippen molar-refractivity contribution in [3.63, 3.8) is 0 Å². The molecule has 5 heterocycles. The molecular weight excluding hydrogens is 718 g/mol. The molecule has 0 aliphatic heterocycles. The minimum Gasteiger partial charge on any atom is -0.354 e. The van der Waals surface area contributed by atoms with E-state index in [1.54, 1.807) is 18.5 Å². The van der Waals surface area contributed by atoms with E-state index in [9.17, 15) is 4.79 Å². The Morgan fingerprint density at radius 2 is 1.15 bits per heavy atom. The number of anilines is 1. The Labute approximate surface area is 298 Å². The molecule has 7 rings (SSSR count). The summed E-state index contributed by atoms with van der Waals surface area (Å²) in [5.41, 5.74) is 10.2. The zero-order valence-electron chi connectivity index (χ0n) is 24.6. The van der Waals surface area contributed by atoms with Crippen LogP contribution >= 0.6 is 58.0 Å². The maximum atomic E-state index is 11.7. The van der Waals surface area contributed by atoms with Gasteiger partial charge in [0.25, 0.3) is 5.56 Å². The average molecular weight is 741 g/mol. The molecule has 0 radical (unpaired) electrons. The van der Waals surface area contributed by atoms with Crippen LogP contribution in [0.2, 0.25) is 26.0 Å². The molecule has 16 heteroatoms. The van der Waals surface area contributed by atoms with Crippen LogP contribution < -0.4 is 16.6 Å². The number of nitrogens with zero attached hydrogens (tertiary/aromatic N) is 7. The number of nitrogens with one attached hydrogen (secondary N) is 2. The Morgan fingerprint density at radius 1 is 0.625 bits per heavy atom. The number of H-pyrrole nitrogens is 1. The van der Waals surface area contributed by atoms with Gasteiger partial charge in [0.1, 0.15) is 15.5 Å². The monoisotopic (exact) mass is 738 g/mol. The largest absolute Gasteiger partial charge is 0.354 e. The van der Waals surface area contributed by atoms with E-state index in [1.807, 2.05) is 60.7 Å². The molecule has 0 saturated heterocycles. The summed E-state index contributed by atoms with van der Waals surface area (Å²) >= 11 is 27.9. The quantitative estimate of drug-likeness (QED) is 0.117. The topological polar surface area (TPSA) is 161 Å². The molecule has 0 fully saturated rings. The molecular formula is C32H23Cl5N10O. The molecule has 0 atom stereocenters. The SMILES string of the molecule is Clc1cc(-c2ccc3ncccc3c2)nc(Cl)n1.Clc1cc(Cl)nc(Cl)n1.NCCNc1nc(-c2ccc3ncccc3c2)cc(=O)[nH]1. The second kappa shape index (κ2) is 16.6. The Bertz CT molecular complexity index is 2180. The summed E-state index contributed by atoms with van der Waals surface area (Å²) < 4.78 is 0. The number of aromatic nitrogens is 8. The molecule has 242 valence electrons. The standard InChI is InChI=1S/C15H15N5O.C13H7Cl2N3.C4HCl3N2/c16-5-7-18-15-19-13(9-14(21)20-15)11-3-4-12-10(8-11)2-1-6-17-12;14-12-7-11(17-13(15)18-12)9-3-4-10-8(6-9)2-1-5-16-10;5-2-1-3(6)9-4(7)8-2/h1-4,6,8-9H,5,7,16H2,(H2,18,19,20,21);1-7H;1H. The lowest BCUT2D eigenvalue weighted by atomic mass is 10.1. The number of rotatable bonds is 5. The van der Waals surface area contributed by atoms with Gasteiger partial charge in [0.05, 0.1) is 22.4 Å². The first-order chi connectivity index (χ1) is 23.2. The first-order valence-electron chi connectivity index (χ1n) is 14.0. The van der Waals surface area contributed by atoms with Gasteiger partial charge in [-0.3, -0.25) is 19.7 Å². The number of pyridine rings is 2. The van der Waals surface area contributed by atoms with Crippen molar-refractivity contribution < 1.29 is 0 Å². The van der Waals surface area contributed by atoms with Crippen molar-refractivity contribution >= 4 is 85.8 Å². The van der Waals surface area contributed by atoms with Crippen molar-refractivity contribution in [2.24, 2.45) is 5.73 Å². The van der Waals surface area contributed by atoms with Crippen molar-refractivity contribution in [2.45, 2.75) is 0 Å². The maximum absolute atomic E-state index is 11.7. The van der Waals surface area contributed by atoms with Crippen LogP contribution in [0.3, 0.4) is 0 Å². The Kier molecular flexibility index (Phi) is 12.0. The van der Waals surface area contributed by atoms with E-state index in [-0.39, 0.29) is 26.4 Å². The van der Waals surface area contributed by atoms with E-state index in [0.29, 0.717) is 35.6 Å². The van der Waals surface area contributed by atoms with Crippen LogP contribution in [0.15, 0.2) is 96.1 Å². The summed E-state index contributed by atoms with van der Waals surface area (Å²) in [6.45, 7) is 1.02. The van der Waals surface area contributed by atoms with Crippen molar-refractivity contribution in [1.82, 2.24) is 39.9 Å². The van der Waals surface area contributed by atoms with E-state index < -0.39 is 0 Å². The van der Waals surface area contributed by atoms with Crippen LogP contribution in [-0.2, 0) is 0 Å². The summed E-state index contributed by atoms with van der Waals surface area (Å²) in [6, 6.07) is 24.0. The van der Waals surface area contributed by atoms with Crippen LogP contribution in [0.5, 0.6) is 0 Å². The highest BCUT2D eigenvalue weighted by Gasteiger charge is 2.07. The van der Waals surface area contributed by atoms with Crippen molar-refractivity contribution in [2.75, 3.05) is 18.4 Å². The summed E-state index contributed by atoms with van der Waals surface area (Å²) in [7, 11) is 0. The van der Waals surface area contributed by atoms with Gasteiger partial charge in [0.15, 0.2) is 0 Å². The number of nitrogens with two attached hydrogens (primary N) is 1. The molecule has 0 unspecified atom stereocenters. The summed E-state index contributed by atoms with van der Waals surface area (Å²) in [5.74, 6) is 0.425. The van der Waals surface area contributed by atoms with Gasteiger partial charge in [-0.25, -0.2) is 24.9 Å². The van der Waals surface area contributed by atoms with Crippen LogP contribution in [0, 0.1) is 0 Å². The third kappa shape index (κ3) is 9.77. The number of hydrogen-bond donors (Lipinski definition) is 3. The highest BCUT2D eigenvalue weighted by atomic mass is 35.5. The second-order valence-electron chi connectivity index (χ2n) is 9.64. The third-order valence-corrected chi connectivity index (χ3v) is 7.20. The molecule has 0 aliphatic carbocycles. The van der Waals surface area contributed by atoms with Gasteiger partial charge in [-0.2, -0.15) is 0 Å². The van der Waals surface area contributed by atoms with Gasteiger partial charge in [0.2, 0.25) is 16.5 Å². The molecule has 0 amide bonds. The van der Waals surface area contributed by atoms with E-state index in [2.05, 4.69) is 45.2 Å². The lowest BCUT2D eigenvalue weighted by molar-refractivity contribution is 0.983. The number of benzene rings is 2. The van der Waals surface area contributed by atoms with Crippen molar-refractivity contribution in [3.05, 3.63) is 128 Å². The Balaban J connectivity index is 0.000000152. The average Bonchev–Trinajstić information content (AvgIpc) is 3.06. The molecule has 11 nitrogen and oxygen atoms in total. The Hall–Kier alpha value is -4.49. The number of halogens is 5. The van der Waals surface area contributed by atoms with Crippen LogP contribution in [0.1, 0.15) is 0 Å². The fraction of sp³-hybridized carbons (Fsp3) is 0.0625. The van der Waals surface area contributed by atoms with E-state index in [1.165, 1.54) is 12.1 Å². The number of hydrogen-bond acceptors (Lipinski definition) is 10. The maximum Gasteiger partial charge on any atom is 0.252 e.